The van der Waals surface area contributed by atoms with Crippen molar-refractivity contribution in [1.29, 1.82) is 0 Å². The summed E-state index contributed by atoms with van der Waals surface area (Å²) in [4.78, 5) is 0. The highest BCUT2D eigenvalue weighted by atomic mass is 16.7. The van der Waals surface area contributed by atoms with E-state index in [1.165, 1.54) is 0 Å². The Kier molecular flexibility index (Phi) is 3.42. The summed E-state index contributed by atoms with van der Waals surface area (Å²) < 4.78 is 9.98. The van der Waals surface area contributed by atoms with Crippen LogP contribution in [0.1, 0.15) is 6.92 Å². The van der Waals surface area contributed by atoms with Gasteiger partial charge in [-0.3, -0.25) is 0 Å². The second-order valence-corrected chi connectivity index (χ2v) is 2.66. The summed E-state index contributed by atoms with van der Waals surface area (Å²) in [5.74, 6) is 0. The fourth-order valence-corrected chi connectivity index (χ4v) is 1.17. The zero-order valence-electron chi connectivity index (χ0n) is 6.88. The molecule has 0 aromatic rings. The van der Waals surface area contributed by atoms with Crippen LogP contribution in [0, 0.1) is 0 Å². The molecule has 1 fully saturated rings. The van der Waals surface area contributed by atoms with Crippen LogP contribution in [0.25, 0.3) is 0 Å². The molecule has 1 heterocycles. The molecule has 0 saturated carbocycles. The zero-order chi connectivity index (χ0) is 9.14. The van der Waals surface area contributed by atoms with E-state index in [-0.39, 0.29) is 6.61 Å². The summed E-state index contributed by atoms with van der Waals surface area (Å²) in [5.41, 5.74) is 0. The van der Waals surface area contributed by atoms with Gasteiger partial charge >= 0.3 is 0 Å². The van der Waals surface area contributed by atoms with Gasteiger partial charge in [-0.1, -0.05) is 0 Å². The number of ether oxygens (including phenoxy) is 2. The first kappa shape index (κ1) is 9.88. The van der Waals surface area contributed by atoms with Gasteiger partial charge in [0.25, 0.3) is 0 Å². The summed E-state index contributed by atoms with van der Waals surface area (Å²) >= 11 is 0. The van der Waals surface area contributed by atoms with Gasteiger partial charge in [-0.2, -0.15) is 0 Å². The molecule has 0 aliphatic carbocycles. The monoisotopic (exact) mass is 178 g/mol. The number of aliphatic hydroxyl groups excluding tert-OH is 3. The van der Waals surface area contributed by atoms with Gasteiger partial charge in [0.1, 0.15) is 18.3 Å². The quantitative estimate of drug-likeness (QED) is 0.488. The Bertz CT molecular complexity index is 140. The molecule has 0 radical (unpaired) electrons. The smallest absolute Gasteiger partial charge is 0.186 e. The molecule has 1 saturated heterocycles. The third kappa shape index (κ3) is 1.75. The lowest BCUT2D eigenvalue weighted by Crippen LogP contribution is -2.34. The van der Waals surface area contributed by atoms with E-state index in [1.807, 2.05) is 0 Å². The molecule has 0 unspecified atom stereocenters. The maximum Gasteiger partial charge on any atom is 0.186 e. The molecule has 12 heavy (non-hydrogen) atoms. The average Bonchev–Trinajstić information content (AvgIpc) is 2.33. The van der Waals surface area contributed by atoms with Crippen LogP contribution >= 0.6 is 0 Å². The Morgan fingerprint density at radius 2 is 2.00 bits per heavy atom. The van der Waals surface area contributed by atoms with E-state index in [0.29, 0.717) is 6.61 Å². The van der Waals surface area contributed by atoms with E-state index in [1.54, 1.807) is 6.92 Å². The maximum absolute atomic E-state index is 9.28. The summed E-state index contributed by atoms with van der Waals surface area (Å²) in [6.45, 7) is 1.84. The summed E-state index contributed by atoms with van der Waals surface area (Å²) in [5, 5.41) is 27.2. The van der Waals surface area contributed by atoms with E-state index in [2.05, 4.69) is 0 Å². The lowest BCUT2D eigenvalue weighted by molar-refractivity contribution is -0.166. The molecule has 72 valence electrons. The van der Waals surface area contributed by atoms with Crippen molar-refractivity contribution in [3.8, 4) is 0 Å². The summed E-state index contributed by atoms with van der Waals surface area (Å²) in [7, 11) is 0. The number of hydrogen-bond acceptors (Lipinski definition) is 5. The fourth-order valence-electron chi connectivity index (χ4n) is 1.17. The molecule has 1 aliphatic rings. The lowest BCUT2D eigenvalue weighted by atomic mass is 10.1. The first-order valence-electron chi connectivity index (χ1n) is 3.94. The molecule has 4 atom stereocenters. The van der Waals surface area contributed by atoms with E-state index in [9.17, 15) is 10.2 Å². The highest BCUT2D eigenvalue weighted by molar-refractivity contribution is 4.85. The number of hydrogen-bond donors (Lipinski definition) is 3. The van der Waals surface area contributed by atoms with Crippen molar-refractivity contribution in [3.05, 3.63) is 0 Å². The van der Waals surface area contributed by atoms with Gasteiger partial charge in [0, 0.05) is 6.61 Å². The molecule has 1 aliphatic heterocycles. The second kappa shape index (κ2) is 4.15. The van der Waals surface area contributed by atoms with E-state index < -0.39 is 24.6 Å². The minimum absolute atomic E-state index is 0.318. The van der Waals surface area contributed by atoms with Crippen molar-refractivity contribution in [1.82, 2.24) is 0 Å². The largest absolute Gasteiger partial charge is 0.394 e. The highest BCUT2D eigenvalue weighted by Gasteiger charge is 2.42. The molecule has 5 nitrogen and oxygen atoms in total. The minimum Gasteiger partial charge on any atom is -0.394 e. The predicted molar refractivity (Wildman–Crippen MR) is 39.4 cm³/mol. The highest BCUT2D eigenvalue weighted by Crippen LogP contribution is 2.21. The van der Waals surface area contributed by atoms with Gasteiger partial charge in [-0.15, -0.1) is 0 Å². The summed E-state index contributed by atoms with van der Waals surface area (Å²) in [6.07, 6.45) is -3.69. The Labute approximate surface area is 70.5 Å². The molecule has 0 amide bonds. The molecule has 0 aromatic carbocycles. The van der Waals surface area contributed by atoms with Gasteiger partial charge in [-0.05, 0) is 6.92 Å². The Morgan fingerprint density at radius 3 is 2.42 bits per heavy atom. The topological polar surface area (TPSA) is 79.2 Å². The zero-order valence-corrected chi connectivity index (χ0v) is 6.88. The summed E-state index contributed by atoms with van der Waals surface area (Å²) in [6, 6.07) is 0. The van der Waals surface area contributed by atoms with Crippen molar-refractivity contribution >= 4 is 0 Å². The van der Waals surface area contributed by atoms with E-state index in [4.69, 9.17) is 14.6 Å². The van der Waals surface area contributed by atoms with Gasteiger partial charge in [0.15, 0.2) is 6.29 Å². The Balaban J connectivity index is 2.48. The van der Waals surface area contributed by atoms with E-state index in [0.717, 1.165) is 0 Å². The van der Waals surface area contributed by atoms with Crippen molar-refractivity contribution in [3.63, 3.8) is 0 Å². The van der Waals surface area contributed by atoms with Crippen LogP contribution in [-0.4, -0.2) is 53.1 Å². The number of aliphatic hydroxyl groups is 3. The molecular weight excluding hydrogens is 164 g/mol. The molecule has 0 spiro atoms. The SMILES string of the molecule is CCO[C@@H]1O[C@@H](CO)[C@H](O)[C@H]1O. The Morgan fingerprint density at radius 1 is 1.33 bits per heavy atom. The number of rotatable bonds is 3. The van der Waals surface area contributed by atoms with Crippen LogP contribution in [0.15, 0.2) is 0 Å². The third-order valence-electron chi connectivity index (χ3n) is 1.83. The molecular formula is C7H14O5. The van der Waals surface area contributed by atoms with Gasteiger partial charge in [0.05, 0.1) is 6.61 Å². The normalized spacial score (nSPS) is 42.0. The van der Waals surface area contributed by atoms with Crippen LogP contribution in [0.3, 0.4) is 0 Å². The van der Waals surface area contributed by atoms with Crippen LogP contribution in [0.2, 0.25) is 0 Å². The molecule has 5 heteroatoms. The molecule has 0 bridgehead atoms. The standard InChI is InChI=1S/C7H14O5/c1-2-11-7-6(10)5(9)4(3-8)12-7/h4-10H,2-3H2,1H3/t4-,5-,6+,7+/m0/s1. The first-order valence-corrected chi connectivity index (χ1v) is 3.94. The second-order valence-electron chi connectivity index (χ2n) is 2.66. The molecule has 3 N–H and O–H groups in total. The maximum atomic E-state index is 9.28. The fraction of sp³-hybridized carbons (Fsp3) is 1.00. The third-order valence-corrected chi connectivity index (χ3v) is 1.83. The van der Waals surface area contributed by atoms with Crippen LogP contribution in [0.4, 0.5) is 0 Å². The van der Waals surface area contributed by atoms with Gasteiger partial charge < -0.3 is 24.8 Å². The average molecular weight is 178 g/mol. The predicted octanol–water partition coefficient (Wildman–Crippen LogP) is -1.54. The van der Waals surface area contributed by atoms with Crippen LogP contribution < -0.4 is 0 Å². The molecule has 1 rings (SSSR count). The van der Waals surface area contributed by atoms with Gasteiger partial charge in [0.2, 0.25) is 0 Å². The van der Waals surface area contributed by atoms with Crippen molar-refractivity contribution in [2.45, 2.75) is 31.5 Å². The van der Waals surface area contributed by atoms with E-state index >= 15 is 0 Å². The van der Waals surface area contributed by atoms with Gasteiger partial charge in [-0.25, -0.2) is 0 Å². The lowest BCUT2D eigenvalue weighted by Gasteiger charge is -2.13. The molecule has 0 aromatic heterocycles. The first-order chi connectivity index (χ1) is 5.70. The van der Waals surface area contributed by atoms with Crippen LogP contribution in [0.5, 0.6) is 0 Å². The van der Waals surface area contributed by atoms with Crippen LogP contribution in [-0.2, 0) is 9.47 Å². The van der Waals surface area contributed by atoms with Crippen molar-refractivity contribution in [2.75, 3.05) is 13.2 Å². The minimum atomic E-state index is -1.07. The van der Waals surface area contributed by atoms with Crippen molar-refractivity contribution in [2.24, 2.45) is 0 Å². The van der Waals surface area contributed by atoms with Crippen molar-refractivity contribution < 1.29 is 24.8 Å². The Hall–Kier alpha value is -0.200.